The van der Waals surface area contributed by atoms with Gasteiger partial charge in [0.05, 0.1) is 17.5 Å². The summed E-state index contributed by atoms with van der Waals surface area (Å²) in [6.45, 7) is 1.76. The molecule has 9 heteroatoms. The smallest absolute Gasteiger partial charge is 0.273 e. The number of aromatic nitrogens is 4. The van der Waals surface area contributed by atoms with Crippen molar-refractivity contribution in [3.63, 3.8) is 0 Å². The third-order valence-corrected chi connectivity index (χ3v) is 5.61. The number of aromatic amines is 1. The van der Waals surface area contributed by atoms with E-state index in [1.54, 1.807) is 6.33 Å². The fourth-order valence-corrected chi connectivity index (χ4v) is 3.78. The molecule has 1 amide bonds. The van der Waals surface area contributed by atoms with Gasteiger partial charge in [-0.1, -0.05) is 5.16 Å². The molecule has 3 N–H and O–H groups in total. The summed E-state index contributed by atoms with van der Waals surface area (Å²) in [4.78, 5) is 26.5. The number of nitrogens with zero attached hydrogens (tertiary/aromatic N) is 4. The summed E-state index contributed by atoms with van der Waals surface area (Å²) in [7, 11) is 0. The molecular weight excluding hydrogens is 360 g/mol. The zero-order chi connectivity index (χ0) is 19.1. The van der Waals surface area contributed by atoms with Crippen LogP contribution in [0.1, 0.15) is 47.5 Å². The van der Waals surface area contributed by atoms with Gasteiger partial charge in [0.2, 0.25) is 0 Å². The van der Waals surface area contributed by atoms with Crippen molar-refractivity contribution >= 4 is 22.8 Å². The highest BCUT2D eigenvalue weighted by molar-refractivity contribution is 5.94. The average molecular weight is 382 g/mol. The number of carbonyl (C=O) groups is 1. The number of aliphatic hydroxyl groups is 1. The number of hydrogen-bond donors (Lipinski definition) is 3. The predicted octanol–water partition coefficient (Wildman–Crippen LogP) is 1.54. The lowest BCUT2D eigenvalue weighted by Gasteiger charge is -2.27. The van der Waals surface area contributed by atoms with E-state index < -0.39 is 5.60 Å². The maximum absolute atomic E-state index is 12.6. The Kier molecular flexibility index (Phi) is 4.04. The quantitative estimate of drug-likeness (QED) is 0.553. The maximum Gasteiger partial charge on any atom is 0.273 e. The van der Waals surface area contributed by atoms with Crippen molar-refractivity contribution in [1.29, 1.82) is 0 Å². The Labute approximate surface area is 161 Å². The molecule has 0 radical (unpaired) electrons. The van der Waals surface area contributed by atoms with E-state index in [0.29, 0.717) is 25.2 Å². The van der Waals surface area contributed by atoms with Gasteiger partial charge in [-0.15, -0.1) is 0 Å². The van der Waals surface area contributed by atoms with E-state index in [1.165, 1.54) is 0 Å². The van der Waals surface area contributed by atoms with E-state index in [2.05, 4.69) is 30.3 Å². The van der Waals surface area contributed by atoms with Crippen molar-refractivity contribution in [2.45, 2.75) is 44.2 Å². The molecule has 4 heterocycles. The maximum atomic E-state index is 12.6. The fraction of sp³-hybridized carbons (Fsp3) is 0.474. The molecule has 1 saturated carbocycles. The molecule has 0 atom stereocenters. The van der Waals surface area contributed by atoms with Crippen molar-refractivity contribution < 1.29 is 14.4 Å². The number of anilines is 1. The molecule has 1 aliphatic heterocycles. The van der Waals surface area contributed by atoms with E-state index in [4.69, 9.17) is 4.52 Å². The first kappa shape index (κ1) is 17.2. The second-order valence-electron chi connectivity index (χ2n) is 7.63. The summed E-state index contributed by atoms with van der Waals surface area (Å²) in [6.07, 6.45) is 7.25. The Hall–Kier alpha value is -2.94. The van der Waals surface area contributed by atoms with Gasteiger partial charge < -0.3 is 24.8 Å². The Morgan fingerprint density at radius 3 is 3.14 bits per heavy atom. The van der Waals surface area contributed by atoms with Crippen LogP contribution in [0.5, 0.6) is 0 Å². The summed E-state index contributed by atoms with van der Waals surface area (Å²) in [6, 6.07) is 1.95. The van der Waals surface area contributed by atoms with Gasteiger partial charge in [-0.3, -0.25) is 4.79 Å². The number of hydrogen-bond acceptors (Lipinski definition) is 7. The standard InChI is InChI=1S/C19H22N6O3/c26-18(21-7-1-4-19(27)5-6-19)15-13-10-25(9-3-14(13)28-24-15)17-12-2-8-20-16(12)22-11-23-17/h2,8,11,27H,1,3-7,9-10H2,(H,21,26)(H,20,22,23). The van der Waals surface area contributed by atoms with Crippen molar-refractivity contribution in [1.82, 2.24) is 25.4 Å². The Morgan fingerprint density at radius 1 is 1.39 bits per heavy atom. The molecule has 28 heavy (non-hydrogen) atoms. The molecule has 0 unspecified atom stereocenters. The molecule has 0 aromatic carbocycles. The van der Waals surface area contributed by atoms with Gasteiger partial charge in [0.25, 0.3) is 5.91 Å². The minimum atomic E-state index is -0.487. The lowest BCUT2D eigenvalue weighted by atomic mass is 10.1. The highest BCUT2D eigenvalue weighted by atomic mass is 16.5. The first-order chi connectivity index (χ1) is 13.6. The number of nitrogens with one attached hydrogen (secondary N) is 2. The van der Waals surface area contributed by atoms with E-state index >= 15 is 0 Å². The Morgan fingerprint density at radius 2 is 2.29 bits per heavy atom. The first-order valence-corrected chi connectivity index (χ1v) is 9.64. The number of carbonyl (C=O) groups excluding carboxylic acids is 1. The minimum absolute atomic E-state index is 0.232. The van der Waals surface area contributed by atoms with Crippen LogP contribution in [-0.4, -0.2) is 49.8 Å². The van der Waals surface area contributed by atoms with Gasteiger partial charge in [0.1, 0.15) is 23.6 Å². The minimum Gasteiger partial charge on any atom is -0.390 e. The molecule has 0 saturated heterocycles. The number of H-pyrrole nitrogens is 1. The number of fused-ring (bicyclic) bond motifs is 2. The van der Waals surface area contributed by atoms with E-state index in [9.17, 15) is 9.90 Å². The van der Waals surface area contributed by atoms with Crippen LogP contribution in [-0.2, 0) is 13.0 Å². The van der Waals surface area contributed by atoms with Crippen LogP contribution in [0, 0.1) is 0 Å². The Bertz CT molecular complexity index is 1020. The number of rotatable bonds is 6. The molecule has 0 bridgehead atoms. The molecule has 9 nitrogen and oxygen atoms in total. The molecule has 146 valence electrons. The van der Waals surface area contributed by atoms with E-state index in [-0.39, 0.29) is 5.91 Å². The van der Waals surface area contributed by atoms with Crippen molar-refractivity contribution in [3.8, 4) is 0 Å². The predicted molar refractivity (Wildman–Crippen MR) is 101 cm³/mol. The van der Waals surface area contributed by atoms with Crippen LogP contribution in [0.3, 0.4) is 0 Å². The van der Waals surface area contributed by atoms with Crippen LogP contribution in [0.25, 0.3) is 11.0 Å². The van der Waals surface area contributed by atoms with Gasteiger partial charge in [-0.25, -0.2) is 9.97 Å². The van der Waals surface area contributed by atoms with E-state index in [1.807, 2.05) is 12.3 Å². The van der Waals surface area contributed by atoms with E-state index in [0.717, 1.165) is 60.4 Å². The Balaban J connectivity index is 1.29. The summed E-state index contributed by atoms with van der Waals surface area (Å²) in [5.74, 6) is 1.36. The summed E-state index contributed by atoms with van der Waals surface area (Å²) in [5.41, 5.74) is 1.45. The molecular formula is C19H22N6O3. The van der Waals surface area contributed by atoms with Gasteiger partial charge in [0.15, 0.2) is 5.69 Å². The molecule has 2 aliphatic rings. The van der Waals surface area contributed by atoms with Crippen LogP contribution in [0.2, 0.25) is 0 Å². The van der Waals surface area contributed by atoms with Gasteiger partial charge in [0, 0.05) is 31.3 Å². The monoisotopic (exact) mass is 382 g/mol. The molecule has 1 fully saturated rings. The highest BCUT2D eigenvalue weighted by Crippen LogP contribution is 2.39. The third kappa shape index (κ3) is 3.11. The number of amides is 1. The van der Waals surface area contributed by atoms with Crippen molar-refractivity contribution in [2.75, 3.05) is 18.0 Å². The van der Waals surface area contributed by atoms with Gasteiger partial charge in [-0.05, 0) is 31.7 Å². The van der Waals surface area contributed by atoms with Crippen LogP contribution in [0.15, 0.2) is 23.1 Å². The zero-order valence-corrected chi connectivity index (χ0v) is 15.4. The molecule has 5 rings (SSSR count). The largest absolute Gasteiger partial charge is 0.390 e. The zero-order valence-electron chi connectivity index (χ0n) is 15.4. The third-order valence-electron chi connectivity index (χ3n) is 5.61. The molecule has 3 aromatic rings. The molecule has 3 aromatic heterocycles. The topological polar surface area (TPSA) is 120 Å². The van der Waals surface area contributed by atoms with Crippen LogP contribution < -0.4 is 10.2 Å². The van der Waals surface area contributed by atoms with Gasteiger partial charge >= 0.3 is 0 Å². The van der Waals surface area contributed by atoms with Gasteiger partial charge in [-0.2, -0.15) is 0 Å². The normalized spacial score (nSPS) is 17.5. The SMILES string of the molecule is O=C(NCCCC1(O)CC1)c1noc2c1CN(c1ncnc3[nH]ccc13)CC2. The molecule has 0 spiro atoms. The summed E-state index contributed by atoms with van der Waals surface area (Å²) in [5, 5.41) is 17.7. The van der Waals surface area contributed by atoms with Crippen LogP contribution >= 0.6 is 0 Å². The lowest BCUT2D eigenvalue weighted by Crippen LogP contribution is -2.33. The fourth-order valence-electron chi connectivity index (χ4n) is 3.78. The second kappa shape index (κ2) is 6.59. The summed E-state index contributed by atoms with van der Waals surface area (Å²) >= 11 is 0. The molecule has 1 aliphatic carbocycles. The highest BCUT2D eigenvalue weighted by Gasteiger charge is 2.39. The first-order valence-electron chi connectivity index (χ1n) is 9.64. The lowest BCUT2D eigenvalue weighted by molar-refractivity contribution is 0.0935. The second-order valence-corrected chi connectivity index (χ2v) is 7.63. The van der Waals surface area contributed by atoms with Crippen LogP contribution in [0.4, 0.5) is 5.82 Å². The van der Waals surface area contributed by atoms with Crippen molar-refractivity contribution in [2.24, 2.45) is 0 Å². The summed E-state index contributed by atoms with van der Waals surface area (Å²) < 4.78 is 5.42. The van der Waals surface area contributed by atoms with Crippen molar-refractivity contribution in [3.05, 3.63) is 35.6 Å². The average Bonchev–Trinajstić information content (AvgIpc) is 3.11.